The van der Waals surface area contributed by atoms with E-state index in [1.165, 1.54) is 0 Å². The molecule has 3 nitrogen and oxygen atoms in total. The maximum atomic E-state index is 14.3. The van der Waals surface area contributed by atoms with E-state index in [1.807, 2.05) is 19.1 Å². The Morgan fingerprint density at radius 3 is 2.68 bits per heavy atom. The van der Waals surface area contributed by atoms with E-state index in [1.54, 1.807) is 32.3 Å². The number of nitrogen functional groups attached to an aromatic ring is 1. The summed E-state index contributed by atoms with van der Waals surface area (Å²) in [4.78, 5) is 4.14. The van der Waals surface area contributed by atoms with Crippen LogP contribution in [0.15, 0.2) is 30.5 Å². The van der Waals surface area contributed by atoms with Gasteiger partial charge in [-0.2, -0.15) is 0 Å². The minimum Gasteiger partial charge on any atom is -0.383 e. The van der Waals surface area contributed by atoms with Crippen LogP contribution in [0, 0.1) is 19.7 Å². The minimum absolute atomic E-state index is 0.206. The lowest BCUT2D eigenvalue weighted by Crippen LogP contribution is -2.21. The molecule has 4 heteroatoms. The standard InChI is InChI=1S/C15H18FN3/c1-9-7-12(15(17)19-8-9)14(18-3)11-6-4-5-10(2)13(11)16/h4-8,14,18H,1-3H3,(H2,17,19). The molecule has 0 bridgehead atoms. The monoisotopic (exact) mass is 259 g/mol. The van der Waals surface area contributed by atoms with Gasteiger partial charge in [0.1, 0.15) is 11.6 Å². The summed E-state index contributed by atoms with van der Waals surface area (Å²) in [6, 6.07) is 7.00. The van der Waals surface area contributed by atoms with Gasteiger partial charge in [-0.25, -0.2) is 9.37 Å². The van der Waals surface area contributed by atoms with Gasteiger partial charge in [-0.05, 0) is 38.1 Å². The molecule has 2 aromatic rings. The number of benzene rings is 1. The van der Waals surface area contributed by atoms with Gasteiger partial charge in [0, 0.05) is 17.3 Å². The van der Waals surface area contributed by atoms with E-state index in [0.717, 1.165) is 11.1 Å². The number of nitrogens with one attached hydrogen (secondary N) is 1. The number of nitrogens with two attached hydrogens (primary N) is 1. The van der Waals surface area contributed by atoms with Crippen LogP contribution in [0.1, 0.15) is 28.3 Å². The number of halogens is 1. The highest BCUT2D eigenvalue weighted by Crippen LogP contribution is 2.28. The number of nitrogens with zero attached hydrogens (tertiary/aromatic N) is 1. The topological polar surface area (TPSA) is 50.9 Å². The van der Waals surface area contributed by atoms with Gasteiger partial charge >= 0.3 is 0 Å². The van der Waals surface area contributed by atoms with Crippen molar-refractivity contribution < 1.29 is 4.39 Å². The molecule has 0 aliphatic heterocycles. The van der Waals surface area contributed by atoms with Gasteiger partial charge in [0.25, 0.3) is 0 Å². The van der Waals surface area contributed by atoms with Crippen molar-refractivity contribution in [3.63, 3.8) is 0 Å². The Morgan fingerprint density at radius 1 is 1.26 bits per heavy atom. The largest absolute Gasteiger partial charge is 0.383 e. The molecule has 0 amide bonds. The molecule has 1 atom stereocenters. The zero-order valence-corrected chi connectivity index (χ0v) is 11.4. The van der Waals surface area contributed by atoms with Gasteiger partial charge in [0.15, 0.2) is 0 Å². The molecule has 0 aliphatic carbocycles. The fraction of sp³-hybridized carbons (Fsp3) is 0.267. The average Bonchev–Trinajstić information content (AvgIpc) is 2.39. The van der Waals surface area contributed by atoms with Crippen LogP contribution in [0.2, 0.25) is 0 Å². The number of aromatic nitrogens is 1. The maximum absolute atomic E-state index is 14.3. The van der Waals surface area contributed by atoms with Crippen LogP contribution >= 0.6 is 0 Å². The molecule has 1 aromatic carbocycles. The molecule has 100 valence electrons. The Hall–Kier alpha value is -1.94. The van der Waals surface area contributed by atoms with Gasteiger partial charge in [-0.1, -0.05) is 18.2 Å². The molecule has 0 spiro atoms. The van der Waals surface area contributed by atoms with Crippen LogP contribution in [0.25, 0.3) is 0 Å². The van der Waals surface area contributed by atoms with Crippen molar-refractivity contribution in [2.75, 3.05) is 12.8 Å². The molecule has 0 fully saturated rings. The lowest BCUT2D eigenvalue weighted by molar-refractivity contribution is 0.569. The molecule has 0 aliphatic rings. The van der Waals surface area contributed by atoms with E-state index in [4.69, 9.17) is 5.73 Å². The number of pyridine rings is 1. The number of aryl methyl sites for hydroxylation is 2. The van der Waals surface area contributed by atoms with Crippen molar-refractivity contribution in [2.45, 2.75) is 19.9 Å². The summed E-state index contributed by atoms with van der Waals surface area (Å²) in [5, 5.41) is 3.11. The smallest absolute Gasteiger partial charge is 0.131 e. The average molecular weight is 259 g/mol. The summed E-state index contributed by atoms with van der Waals surface area (Å²) in [7, 11) is 1.79. The normalized spacial score (nSPS) is 12.4. The molecule has 2 rings (SSSR count). The first-order chi connectivity index (χ1) is 9.04. The summed E-state index contributed by atoms with van der Waals surface area (Å²) < 4.78 is 14.3. The van der Waals surface area contributed by atoms with E-state index in [2.05, 4.69) is 10.3 Å². The quantitative estimate of drug-likeness (QED) is 0.891. The van der Waals surface area contributed by atoms with Crippen LogP contribution in [-0.4, -0.2) is 12.0 Å². The molecular weight excluding hydrogens is 241 g/mol. The molecule has 0 saturated heterocycles. The number of rotatable bonds is 3. The van der Waals surface area contributed by atoms with E-state index < -0.39 is 0 Å². The number of hydrogen-bond donors (Lipinski definition) is 2. The second kappa shape index (κ2) is 5.36. The molecule has 1 aromatic heterocycles. The van der Waals surface area contributed by atoms with Crippen molar-refractivity contribution in [1.29, 1.82) is 0 Å². The van der Waals surface area contributed by atoms with E-state index in [9.17, 15) is 4.39 Å². The van der Waals surface area contributed by atoms with Crippen LogP contribution < -0.4 is 11.1 Å². The zero-order chi connectivity index (χ0) is 14.0. The Kier molecular flexibility index (Phi) is 3.81. The Balaban J connectivity index is 2.56. The molecule has 1 heterocycles. The summed E-state index contributed by atoms with van der Waals surface area (Å²) in [5.41, 5.74) is 8.92. The highest BCUT2D eigenvalue weighted by Gasteiger charge is 2.20. The van der Waals surface area contributed by atoms with Crippen LogP contribution in [0.3, 0.4) is 0 Å². The van der Waals surface area contributed by atoms with Gasteiger partial charge in [0.05, 0.1) is 6.04 Å². The van der Waals surface area contributed by atoms with Crippen molar-refractivity contribution in [3.8, 4) is 0 Å². The molecular formula is C15H18FN3. The fourth-order valence-electron chi connectivity index (χ4n) is 2.21. The Labute approximate surface area is 112 Å². The predicted octanol–water partition coefficient (Wildman–Crippen LogP) is 2.73. The third kappa shape index (κ3) is 2.58. The summed E-state index contributed by atoms with van der Waals surface area (Å²) in [6.45, 7) is 3.69. The SMILES string of the molecule is CNC(c1cc(C)cnc1N)c1cccc(C)c1F. The summed E-state index contributed by atoms with van der Waals surface area (Å²) in [6.07, 6.45) is 1.71. The van der Waals surface area contributed by atoms with Crippen LogP contribution in [-0.2, 0) is 0 Å². The third-order valence-corrected chi connectivity index (χ3v) is 3.22. The van der Waals surface area contributed by atoms with E-state index in [-0.39, 0.29) is 11.9 Å². The Bertz CT molecular complexity index is 594. The molecule has 0 radical (unpaired) electrons. The third-order valence-electron chi connectivity index (χ3n) is 3.22. The lowest BCUT2D eigenvalue weighted by Gasteiger charge is -2.20. The predicted molar refractivity (Wildman–Crippen MR) is 75.4 cm³/mol. The summed E-state index contributed by atoms with van der Waals surface area (Å²) in [5.74, 6) is 0.216. The zero-order valence-electron chi connectivity index (χ0n) is 11.4. The first-order valence-electron chi connectivity index (χ1n) is 6.19. The molecule has 0 saturated carbocycles. The maximum Gasteiger partial charge on any atom is 0.131 e. The van der Waals surface area contributed by atoms with Gasteiger partial charge in [-0.15, -0.1) is 0 Å². The van der Waals surface area contributed by atoms with Crippen molar-refractivity contribution >= 4 is 5.82 Å². The highest BCUT2D eigenvalue weighted by molar-refractivity contribution is 5.47. The molecule has 3 N–H and O–H groups in total. The molecule has 1 unspecified atom stereocenters. The number of hydrogen-bond acceptors (Lipinski definition) is 3. The second-order valence-corrected chi connectivity index (χ2v) is 4.69. The van der Waals surface area contributed by atoms with Crippen molar-refractivity contribution in [2.24, 2.45) is 0 Å². The van der Waals surface area contributed by atoms with E-state index >= 15 is 0 Å². The van der Waals surface area contributed by atoms with E-state index in [0.29, 0.717) is 16.9 Å². The molecule has 19 heavy (non-hydrogen) atoms. The highest BCUT2D eigenvalue weighted by atomic mass is 19.1. The second-order valence-electron chi connectivity index (χ2n) is 4.69. The lowest BCUT2D eigenvalue weighted by atomic mass is 9.96. The summed E-state index contributed by atoms with van der Waals surface area (Å²) >= 11 is 0. The van der Waals surface area contributed by atoms with Crippen molar-refractivity contribution in [1.82, 2.24) is 10.3 Å². The fourth-order valence-corrected chi connectivity index (χ4v) is 2.21. The first kappa shape index (κ1) is 13.5. The van der Waals surface area contributed by atoms with Crippen LogP contribution in [0.5, 0.6) is 0 Å². The minimum atomic E-state index is -0.299. The van der Waals surface area contributed by atoms with Gasteiger partial charge in [-0.3, -0.25) is 0 Å². The van der Waals surface area contributed by atoms with Crippen LogP contribution in [0.4, 0.5) is 10.2 Å². The number of anilines is 1. The van der Waals surface area contributed by atoms with Gasteiger partial charge < -0.3 is 11.1 Å². The van der Waals surface area contributed by atoms with Crippen molar-refractivity contribution in [3.05, 3.63) is 58.5 Å². The first-order valence-corrected chi connectivity index (χ1v) is 6.19. The van der Waals surface area contributed by atoms with Gasteiger partial charge in [0.2, 0.25) is 0 Å². The Morgan fingerprint density at radius 2 is 2.00 bits per heavy atom.